The minimum absolute atomic E-state index is 0.0207. The predicted molar refractivity (Wildman–Crippen MR) is 84.8 cm³/mol. The van der Waals surface area contributed by atoms with Crippen LogP contribution in [0.25, 0.3) is 0 Å². The summed E-state index contributed by atoms with van der Waals surface area (Å²) in [5.41, 5.74) is 0. The van der Waals surface area contributed by atoms with Crippen molar-refractivity contribution in [2.75, 3.05) is 32.8 Å². The maximum absolute atomic E-state index is 12.4. The number of morpholine rings is 1. The zero-order valence-electron chi connectivity index (χ0n) is 13.4. The fourth-order valence-electron chi connectivity index (χ4n) is 2.34. The second-order valence-electron chi connectivity index (χ2n) is 5.45. The van der Waals surface area contributed by atoms with Gasteiger partial charge in [0, 0.05) is 19.6 Å². The number of amides is 1. The third-order valence-electron chi connectivity index (χ3n) is 3.69. The molecule has 0 radical (unpaired) electrons. The van der Waals surface area contributed by atoms with E-state index in [0.717, 1.165) is 25.7 Å². The van der Waals surface area contributed by atoms with Crippen LogP contribution in [0.5, 0.6) is 0 Å². The molecule has 0 saturated carbocycles. The Morgan fingerprint density at radius 1 is 1.22 bits per heavy atom. The fraction of sp³-hybridized carbons (Fsp3) is 0.667. The van der Waals surface area contributed by atoms with E-state index < -0.39 is 10.0 Å². The Bertz CT molecular complexity index is 605. The highest BCUT2D eigenvalue weighted by atomic mass is 32.2. The number of ether oxygens (including phenoxy) is 1. The van der Waals surface area contributed by atoms with Crippen LogP contribution in [0.1, 0.15) is 43.2 Å². The molecule has 1 aliphatic rings. The Morgan fingerprint density at radius 2 is 1.96 bits per heavy atom. The molecule has 0 bridgehead atoms. The van der Waals surface area contributed by atoms with Crippen molar-refractivity contribution in [3.63, 3.8) is 0 Å². The fourth-order valence-corrected chi connectivity index (χ4v) is 3.66. The maximum Gasteiger partial charge on any atom is 0.287 e. The number of unbranched alkanes of at least 4 members (excludes halogenated alkanes) is 3. The molecule has 0 atom stereocenters. The molecule has 1 aliphatic heterocycles. The van der Waals surface area contributed by atoms with Crippen molar-refractivity contribution >= 4 is 15.9 Å². The predicted octanol–water partition coefficient (Wildman–Crippen LogP) is 1.61. The molecule has 23 heavy (non-hydrogen) atoms. The van der Waals surface area contributed by atoms with Gasteiger partial charge in [0.15, 0.2) is 5.76 Å². The zero-order valence-corrected chi connectivity index (χ0v) is 14.2. The van der Waals surface area contributed by atoms with E-state index in [1.54, 1.807) is 0 Å². The highest BCUT2D eigenvalue weighted by Crippen LogP contribution is 2.19. The molecule has 0 unspecified atom stereocenters. The van der Waals surface area contributed by atoms with Crippen molar-refractivity contribution in [1.82, 2.24) is 9.62 Å². The lowest BCUT2D eigenvalue weighted by Gasteiger charge is -2.24. The summed E-state index contributed by atoms with van der Waals surface area (Å²) in [6.45, 7) is 4.00. The van der Waals surface area contributed by atoms with Gasteiger partial charge in [0.25, 0.3) is 15.9 Å². The summed E-state index contributed by atoms with van der Waals surface area (Å²) in [5.74, 6) is -0.364. The number of rotatable bonds is 8. The van der Waals surface area contributed by atoms with Crippen LogP contribution in [-0.2, 0) is 14.8 Å². The molecule has 1 N–H and O–H groups in total. The Kier molecular flexibility index (Phi) is 6.61. The summed E-state index contributed by atoms with van der Waals surface area (Å²) in [6.07, 6.45) is 4.23. The first-order valence-electron chi connectivity index (χ1n) is 8.01. The zero-order chi connectivity index (χ0) is 16.7. The van der Waals surface area contributed by atoms with Crippen molar-refractivity contribution in [2.24, 2.45) is 0 Å². The van der Waals surface area contributed by atoms with Crippen molar-refractivity contribution in [2.45, 2.75) is 37.7 Å². The monoisotopic (exact) mass is 344 g/mol. The molecule has 0 aliphatic carbocycles. The number of nitrogens with one attached hydrogen (secondary N) is 1. The number of hydrogen-bond donors (Lipinski definition) is 1. The lowest BCUT2D eigenvalue weighted by molar-refractivity contribution is 0.0722. The topological polar surface area (TPSA) is 88.9 Å². The number of sulfonamides is 1. The molecular formula is C15H24N2O5S. The normalized spacial score (nSPS) is 16.4. The Hall–Kier alpha value is -1.38. The molecule has 8 heteroatoms. The standard InChI is InChI=1S/C15H24N2O5S/c1-2-3-4-5-8-16-15(18)13-6-7-14(22-13)23(19,20)17-9-11-21-12-10-17/h6-7H,2-5,8-12H2,1H3,(H,16,18). The molecule has 2 heterocycles. The molecular weight excluding hydrogens is 320 g/mol. The van der Waals surface area contributed by atoms with E-state index in [4.69, 9.17) is 9.15 Å². The van der Waals surface area contributed by atoms with Crippen molar-refractivity contribution in [3.8, 4) is 0 Å². The summed E-state index contributed by atoms with van der Waals surface area (Å²) < 4.78 is 36.5. The SMILES string of the molecule is CCCCCCNC(=O)c1ccc(S(=O)(=O)N2CCOCC2)o1. The van der Waals surface area contributed by atoms with Crippen LogP contribution in [0, 0.1) is 0 Å². The van der Waals surface area contributed by atoms with Gasteiger partial charge in [-0.2, -0.15) is 4.31 Å². The molecule has 1 saturated heterocycles. The van der Waals surface area contributed by atoms with Crippen LogP contribution >= 0.6 is 0 Å². The van der Waals surface area contributed by atoms with E-state index in [0.29, 0.717) is 32.8 Å². The summed E-state index contributed by atoms with van der Waals surface area (Å²) in [7, 11) is -3.70. The first-order chi connectivity index (χ1) is 11.1. The molecule has 1 fully saturated rings. The van der Waals surface area contributed by atoms with Crippen molar-refractivity contribution in [3.05, 3.63) is 17.9 Å². The molecule has 0 spiro atoms. The molecule has 130 valence electrons. The second-order valence-corrected chi connectivity index (χ2v) is 7.32. The molecule has 2 rings (SSSR count). The van der Waals surface area contributed by atoms with Crippen molar-refractivity contribution < 1.29 is 22.4 Å². The number of carbonyl (C=O) groups excluding carboxylic acids is 1. The lowest BCUT2D eigenvalue weighted by Crippen LogP contribution is -2.40. The van der Waals surface area contributed by atoms with Gasteiger partial charge in [-0.3, -0.25) is 4.79 Å². The van der Waals surface area contributed by atoms with Crippen LogP contribution < -0.4 is 5.32 Å². The second kappa shape index (κ2) is 8.47. The Balaban J connectivity index is 1.92. The van der Waals surface area contributed by atoms with Gasteiger partial charge >= 0.3 is 0 Å². The maximum atomic E-state index is 12.4. The van der Waals surface area contributed by atoms with Gasteiger partial charge in [0.2, 0.25) is 5.09 Å². The smallest absolute Gasteiger partial charge is 0.287 e. The summed E-state index contributed by atoms with van der Waals surface area (Å²) in [6, 6.07) is 2.73. The van der Waals surface area contributed by atoms with Crippen LogP contribution in [0.15, 0.2) is 21.6 Å². The summed E-state index contributed by atoms with van der Waals surface area (Å²) in [4.78, 5) is 12.0. The minimum Gasteiger partial charge on any atom is -0.438 e. The van der Waals surface area contributed by atoms with Gasteiger partial charge in [-0.05, 0) is 18.6 Å². The van der Waals surface area contributed by atoms with Gasteiger partial charge in [-0.1, -0.05) is 26.2 Å². The lowest BCUT2D eigenvalue weighted by atomic mass is 10.2. The molecule has 1 aromatic heterocycles. The van der Waals surface area contributed by atoms with E-state index in [-0.39, 0.29) is 16.8 Å². The third kappa shape index (κ3) is 4.79. The van der Waals surface area contributed by atoms with Crippen LogP contribution in [0.3, 0.4) is 0 Å². The number of carbonyl (C=O) groups is 1. The highest BCUT2D eigenvalue weighted by Gasteiger charge is 2.29. The van der Waals surface area contributed by atoms with Gasteiger partial charge in [-0.25, -0.2) is 8.42 Å². The van der Waals surface area contributed by atoms with Crippen LogP contribution in [0.4, 0.5) is 0 Å². The third-order valence-corrected chi connectivity index (χ3v) is 5.46. The minimum atomic E-state index is -3.70. The molecule has 1 aromatic rings. The quantitative estimate of drug-likeness (QED) is 0.724. The van der Waals surface area contributed by atoms with Crippen LogP contribution in [-0.4, -0.2) is 51.5 Å². The van der Waals surface area contributed by atoms with E-state index in [1.807, 2.05) is 0 Å². The summed E-state index contributed by atoms with van der Waals surface area (Å²) >= 11 is 0. The molecule has 1 amide bonds. The van der Waals surface area contributed by atoms with Gasteiger partial charge in [0.05, 0.1) is 13.2 Å². The first kappa shape index (κ1) is 18.0. The Labute approximate surface area is 137 Å². The molecule has 7 nitrogen and oxygen atoms in total. The number of hydrogen-bond acceptors (Lipinski definition) is 5. The van der Waals surface area contributed by atoms with Crippen molar-refractivity contribution in [1.29, 1.82) is 0 Å². The highest BCUT2D eigenvalue weighted by molar-refractivity contribution is 7.89. The van der Waals surface area contributed by atoms with Gasteiger partial charge < -0.3 is 14.5 Å². The summed E-state index contributed by atoms with van der Waals surface area (Å²) in [5, 5.41) is 2.54. The van der Waals surface area contributed by atoms with Gasteiger partial charge in [0.1, 0.15) is 0 Å². The largest absolute Gasteiger partial charge is 0.438 e. The van der Waals surface area contributed by atoms with E-state index in [2.05, 4.69) is 12.2 Å². The average Bonchev–Trinajstić information content (AvgIpc) is 3.06. The van der Waals surface area contributed by atoms with E-state index in [1.165, 1.54) is 16.4 Å². The van der Waals surface area contributed by atoms with Gasteiger partial charge in [-0.15, -0.1) is 0 Å². The first-order valence-corrected chi connectivity index (χ1v) is 9.45. The number of nitrogens with zero attached hydrogens (tertiary/aromatic N) is 1. The van der Waals surface area contributed by atoms with E-state index >= 15 is 0 Å². The van der Waals surface area contributed by atoms with E-state index in [9.17, 15) is 13.2 Å². The Morgan fingerprint density at radius 3 is 2.65 bits per heavy atom. The average molecular weight is 344 g/mol. The molecule has 0 aromatic carbocycles. The van der Waals surface area contributed by atoms with Crippen LogP contribution in [0.2, 0.25) is 0 Å². The number of furan rings is 1.